The first kappa shape index (κ1) is 44.5. The van der Waals surface area contributed by atoms with Gasteiger partial charge >= 0.3 is 12.1 Å². The standard InChI is InChI=1S/C48H50N5O9P/c1-32(50-48(59)61-30-41-39-19-10-8-17-37(39)38-18-9-11-20-40(38)41)45(56)49-31-63(60,62-29-35-15-6-3-7-16-35)53-26-12-21-43(53)47(58)52-42(27-33-13-4-2-5-14-33)46(57)51-36-24-22-34(23-25-36)28-44(54)55/h2-11,13-20,22-25,32,41-43H,12,21,26-31H2,1H3,(H,49,56)(H,50,59)(H,51,57)(H,52,58)(H,54,55)/t32-,42-,43-,63?/m0/s1. The van der Waals surface area contributed by atoms with Crippen molar-refractivity contribution in [1.82, 2.24) is 20.6 Å². The number of carbonyl (C=O) groups excluding carboxylic acids is 4. The molecule has 1 heterocycles. The number of carbonyl (C=O) groups is 5. The van der Waals surface area contributed by atoms with Crippen LogP contribution < -0.4 is 21.3 Å². The molecule has 0 spiro atoms. The number of aliphatic carboxylic acids is 1. The van der Waals surface area contributed by atoms with Crippen molar-refractivity contribution < 1.29 is 42.9 Å². The van der Waals surface area contributed by atoms with E-state index in [1.165, 1.54) is 11.6 Å². The van der Waals surface area contributed by atoms with Crippen molar-refractivity contribution in [2.24, 2.45) is 0 Å². The molecule has 1 saturated heterocycles. The number of amides is 4. The number of carboxylic acid groups (broad SMARTS) is 1. The summed E-state index contributed by atoms with van der Waals surface area (Å²) in [5.41, 5.74) is 6.77. The summed E-state index contributed by atoms with van der Waals surface area (Å²) in [5.74, 6) is -2.83. The van der Waals surface area contributed by atoms with Gasteiger partial charge in [-0.05, 0) is 70.8 Å². The molecule has 1 aliphatic heterocycles. The van der Waals surface area contributed by atoms with Gasteiger partial charge in [0.1, 0.15) is 25.0 Å². The van der Waals surface area contributed by atoms with Crippen molar-refractivity contribution in [3.63, 3.8) is 0 Å². The number of hydrogen-bond donors (Lipinski definition) is 5. The quantitative estimate of drug-likeness (QED) is 0.0582. The van der Waals surface area contributed by atoms with Gasteiger partial charge in [0.25, 0.3) is 7.52 Å². The smallest absolute Gasteiger partial charge is 0.407 e. The zero-order chi connectivity index (χ0) is 44.3. The Hall–Kier alpha value is -6.60. The Morgan fingerprint density at radius 2 is 1.35 bits per heavy atom. The molecule has 5 N–H and O–H groups in total. The highest BCUT2D eigenvalue weighted by Gasteiger charge is 2.44. The molecule has 1 unspecified atom stereocenters. The van der Waals surface area contributed by atoms with Gasteiger partial charge in [0.15, 0.2) is 0 Å². The number of hydrogen-bond acceptors (Lipinski definition) is 8. The Morgan fingerprint density at radius 3 is 1.98 bits per heavy atom. The lowest BCUT2D eigenvalue weighted by Crippen LogP contribution is -2.51. The fourth-order valence-electron chi connectivity index (χ4n) is 7.99. The second-order valence-corrected chi connectivity index (χ2v) is 18.0. The van der Waals surface area contributed by atoms with Gasteiger partial charge in [-0.3, -0.25) is 23.7 Å². The van der Waals surface area contributed by atoms with Gasteiger partial charge in [0.2, 0.25) is 17.7 Å². The summed E-state index contributed by atoms with van der Waals surface area (Å²) in [6, 6.07) is 37.5. The highest BCUT2D eigenvalue weighted by Crippen LogP contribution is 2.54. The van der Waals surface area contributed by atoms with Crippen molar-refractivity contribution in [3.05, 3.63) is 161 Å². The summed E-state index contributed by atoms with van der Waals surface area (Å²) in [4.78, 5) is 65.7. The van der Waals surface area contributed by atoms with Crippen LogP contribution in [0.1, 0.15) is 53.5 Å². The van der Waals surface area contributed by atoms with Gasteiger partial charge in [-0.25, -0.2) is 9.46 Å². The van der Waals surface area contributed by atoms with Crippen molar-refractivity contribution in [3.8, 4) is 11.1 Å². The number of benzene rings is 5. The maximum absolute atomic E-state index is 15.0. The molecule has 4 amide bonds. The maximum Gasteiger partial charge on any atom is 0.407 e. The fraction of sp³-hybridized carbons (Fsp3) is 0.271. The zero-order valence-electron chi connectivity index (χ0n) is 34.8. The van der Waals surface area contributed by atoms with E-state index in [2.05, 4.69) is 21.3 Å². The second kappa shape index (κ2) is 20.5. The number of nitrogens with one attached hydrogen (secondary N) is 4. The van der Waals surface area contributed by atoms with E-state index in [0.717, 1.165) is 33.4 Å². The molecular weight excluding hydrogens is 822 g/mol. The lowest BCUT2D eigenvalue weighted by Gasteiger charge is -2.33. The average molecular weight is 872 g/mol. The van der Waals surface area contributed by atoms with Crippen molar-refractivity contribution >= 4 is 43.0 Å². The minimum absolute atomic E-state index is 0.0602. The predicted octanol–water partition coefficient (Wildman–Crippen LogP) is 6.85. The molecule has 0 aromatic heterocycles. The Morgan fingerprint density at radius 1 is 0.746 bits per heavy atom. The first-order valence-electron chi connectivity index (χ1n) is 20.9. The number of fused-ring (bicyclic) bond motifs is 3. The van der Waals surface area contributed by atoms with E-state index in [1.807, 2.05) is 109 Å². The molecule has 0 radical (unpaired) electrons. The van der Waals surface area contributed by atoms with Crippen LogP contribution in [0.15, 0.2) is 133 Å². The minimum atomic E-state index is -4.01. The Balaban J connectivity index is 1.01. The Labute approximate surface area is 365 Å². The highest BCUT2D eigenvalue weighted by atomic mass is 31.2. The van der Waals surface area contributed by atoms with Crippen LogP contribution in [0.25, 0.3) is 11.1 Å². The molecule has 0 bridgehead atoms. The van der Waals surface area contributed by atoms with Crippen LogP contribution in [0, 0.1) is 0 Å². The molecule has 1 aliphatic carbocycles. The number of anilines is 1. The average Bonchev–Trinajstić information content (AvgIpc) is 3.92. The largest absolute Gasteiger partial charge is 0.481 e. The second-order valence-electron chi connectivity index (χ2n) is 15.6. The first-order chi connectivity index (χ1) is 30.5. The van der Waals surface area contributed by atoms with E-state index in [-0.39, 0.29) is 38.5 Å². The number of carboxylic acids is 1. The highest BCUT2D eigenvalue weighted by molar-refractivity contribution is 7.56. The molecule has 63 heavy (non-hydrogen) atoms. The van der Waals surface area contributed by atoms with E-state index < -0.39 is 61.7 Å². The summed E-state index contributed by atoms with van der Waals surface area (Å²) >= 11 is 0. The number of rotatable bonds is 18. The van der Waals surface area contributed by atoms with Gasteiger partial charge in [-0.15, -0.1) is 0 Å². The van der Waals surface area contributed by atoms with E-state index >= 15 is 4.57 Å². The zero-order valence-corrected chi connectivity index (χ0v) is 35.7. The third-order valence-electron chi connectivity index (χ3n) is 11.2. The maximum atomic E-state index is 15.0. The van der Waals surface area contributed by atoms with Crippen LogP contribution in [0.4, 0.5) is 10.5 Å². The molecule has 5 aromatic rings. The molecule has 5 aromatic carbocycles. The predicted molar refractivity (Wildman–Crippen MR) is 238 cm³/mol. The Kier molecular flexibility index (Phi) is 14.5. The number of alkyl carbamates (subject to hydrolysis) is 1. The molecule has 326 valence electrons. The molecule has 1 fully saturated rings. The van der Waals surface area contributed by atoms with Crippen LogP contribution in [0.3, 0.4) is 0 Å². The molecular formula is C48H50N5O9P. The van der Waals surface area contributed by atoms with Crippen LogP contribution in [0.2, 0.25) is 0 Å². The molecule has 2 aliphatic rings. The summed E-state index contributed by atoms with van der Waals surface area (Å²) in [6.07, 6.45) is -0.479. The minimum Gasteiger partial charge on any atom is -0.481 e. The summed E-state index contributed by atoms with van der Waals surface area (Å²) in [6.45, 7) is 1.69. The molecule has 14 nitrogen and oxygen atoms in total. The van der Waals surface area contributed by atoms with Crippen LogP contribution in [-0.4, -0.2) is 77.1 Å². The van der Waals surface area contributed by atoms with Gasteiger partial charge < -0.3 is 35.6 Å². The van der Waals surface area contributed by atoms with Gasteiger partial charge in [0, 0.05) is 24.6 Å². The lowest BCUT2D eigenvalue weighted by molar-refractivity contribution is -0.136. The topological polar surface area (TPSA) is 192 Å². The molecule has 15 heteroatoms. The summed E-state index contributed by atoms with van der Waals surface area (Å²) in [7, 11) is -4.01. The molecule has 0 saturated carbocycles. The molecule has 4 atom stereocenters. The first-order valence-corrected chi connectivity index (χ1v) is 22.6. The third-order valence-corrected chi connectivity index (χ3v) is 13.6. The van der Waals surface area contributed by atoms with Crippen LogP contribution in [0.5, 0.6) is 0 Å². The van der Waals surface area contributed by atoms with E-state index in [0.29, 0.717) is 24.1 Å². The Bertz CT molecular complexity index is 2420. The van der Waals surface area contributed by atoms with Crippen molar-refractivity contribution in [2.75, 3.05) is 24.8 Å². The summed E-state index contributed by atoms with van der Waals surface area (Å²) < 4.78 is 28.3. The number of ether oxygens (including phenoxy) is 1. The van der Waals surface area contributed by atoms with Gasteiger partial charge in [0.05, 0.1) is 19.1 Å². The fourth-order valence-corrected chi connectivity index (χ4v) is 10.2. The monoisotopic (exact) mass is 871 g/mol. The third kappa shape index (κ3) is 11.3. The van der Waals surface area contributed by atoms with Crippen LogP contribution >= 0.6 is 7.52 Å². The number of nitrogens with zero attached hydrogens (tertiary/aromatic N) is 1. The van der Waals surface area contributed by atoms with Crippen molar-refractivity contribution in [1.29, 1.82) is 0 Å². The van der Waals surface area contributed by atoms with Gasteiger partial charge in [-0.1, -0.05) is 121 Å². The van der Waals surface area contributed by atoms with E-state index in [4.69, 9.17) is 14.4 Å². The van der Waals surface area contributed by atoms with Crippen molar-refractivity contribution in [2.45, 2.75) is 63.3 Å². The molecule has 7 rings (SSSR count). The lowest BCUT2D eigenvalue weighted by atomic mass is 9.98. The van der Waals surface area contributed by atoms with Crippen LogP contribution in [-0.2, 0) is 52.5 Å². The normalized spacial score (nSPS) is 16.4. The summed E-state index contributed by atoms with van der Waals surface area (Å²) in [5, 5.41) is 20.1. The van der Waals surface area contributed by atoms with E-state index in [9.17, 15) is 24.0 Å². The SMILES string of the molecule is C[C@H](NC(=O)OCC1c2ccccc2-c2ccccc21)C(=O)NCP(=O)(OCc1ccccc1)N1CCC[C@H]1C(=O)N[C@@H](Cc1ccccc1)C(=O)Nc1ccc(CC(=O)O)cc1. The van der Waals surface area contributed by atoms with E-state index in [1.54, 1.807) is 24.3 Å². The van der Waals surface area contributed by atoms with Gasteiger partial charge in [-0.2, -0.15) is 0 Å².